The van der Waals surface area contributed by atoms with Gasteiger partial charge in [0.15, 0.2) is 0 Å². The summed E-state index contributed by atoms with van der Waals surface area (Å²) in [5.41, 5.74) is 5.90. The number of hydrogen-bond acceptors (Lipinski definition) is 4. The van der Waals surface area contributed by atoms with E-state index >= 15 is 0 Å². The molecule has 1 saturated heterocycles. The maximum atomic E-state index is 12.5. The molecule has 0 aromatic carbocycles. The van der Waals surface area contributed by atoms with Crippen LogP contribution in [0.2, 0.25) is 0 Å². The molecule has 2 amide bonds. The van der Waals surface area contributed by atoms with Crippen LogP contribution in [-0.2, 0) is 9.59 Å². The first-order valence-electron chi connectivity index (χ1n) is 8.59. The number of carbonyl (C=O) groups is 2. The maximum absolute atomic E-state index is 12.5. The number of rotatable bonds is 5. The number of carbonyl (C=O) groups excluding carboxylic acids is 2. The Labute approximate surface area is 157 Å². The van der Waals surface area contributed by atoms with Gasteiger partial charge in [-0.25, -0.2) is 0 Å². The Bertz CT molecular complexity index is 400. The van der Waals surface area contributed by atoms with Gasteiger partial charge >= 0.3 is 0 Å². The van der Waals surface area contributed by atoms with E-state index in [0.29, 0.717) is 6.54 Å². The topological polar surface area (TPSA) is 69.9 Å². The highest BCUT2D eigenvalue weighted by Crippen LogP contribution is 2.26. The van der Waals surface area contributed by atoms with Crippen LogP contribution in [0, 0.1) is 5.92 Å². The molecule has 142 valence electrons. The first-order chi connectivity index (χ1) is 10.5. The molecule has 0 aromatic rings. The molecule has 24 heavy (non-hydrogen) atoms. The summed E-state index contributed by atoms with van der Waals surface area (Å²) in [5, 5.41) is 0. The maximum Gasteiger partial charge on any atom is 0.236 e. The molecule has 2 fully saturated rings. The van der Waals surface area contributed by atoms with E-state index in [0.717, 1.165) is 58.5 Å². The van der Waals surface area contributed by atoms with Gasteiger partial charge in [-0.3, -0.25) is 14.5 Å². The zero-order chi connectivity index (χ0) is 16.1. The van der Waals surface area contributed by atoms with E-state index in [2.05, 4.69) is 4.90 Å². The average Bonchev–Trinajstić information content (AvgIpc) is 2.95. The largest absolute Gasteiger partial charge is 0.342 e. The van der Waals surface area contributed by atoms with Crippen LogP contribution < -0.4 is 5.73 Å². The molecule has 1 aliphatic heterocycles. The number of nitrogens with two attached hydrogens (primary N) is 1. The lowest BCUT2D eigenvalue weighted by molar-refractivity contribution is -0.138. The standard InChI is InChI=1S/C16H30N4O2.2ClH/c1-3-19(4-2)15(21)12-18-7-9-20(10-8-18)16(22)13-5-6-14(17)11-13;;/h13-14H,3-12,17H2,1-2H3;2*1H. The predicted octanol–water partition coefficient (Wildman–Crippen LogP) is 0.970. The van der Waals surface area contributed by atoms with Crippen LogP contribution in [-0.4, -0.2) is 78.4 Å². The Kier molecular flexibility index (Phi) is 10.9. The molecule has 0 aromatic heterocycles. The molecular formula is C16H32Cl2N4O2. The SMILES string of the molecule is CCN(CC)C(=O)CN1CCN(C(=O)C2CCC(N)C2)CC1.Cl.Cl. The molecule has 2 rings (SSSR count). The van der Waals surface area contributed by atoms with Crippen molar-refractivity contribution in [3.63, 3.8) is 0 Å². The summed E-state index contributed by atoms with van der Waals surface area (Å²) < 4.78 is 0. The summed E-state index contributed by atoms with van der Waals surface area (Å²) in [4.78, 5) is 30.6. The molecule has 2 aliphatic rings. The highest BCUT2D eigenvalue weighted by Gasteiger charge is 2.32. The summed E-state index contributed by atoms with van der Waals surface area (Å²) in [6.07, 6.45) is 2.73. The van der Waals surface area contributed by atoms with E-state index in [1.54, 1.807) is 0 Å². The monoisotopic (exact) mass is 382 g/mol. The molecule has 2 atom stereocenters. The van der Waals surface area contributed by atoms with Gasteiger partial charge in [-0.2, -0.15) is 0 Å². The summed E-state index contributed by atoms with van der Waals surface area (Å²) in [6.45, 7) is 9.04. The van der Waals surface area contributed by atoms with E-state index in [1.165, 1.54) is 0 Å². The normalized spacial score (nSPS) is 24.0. The Morgan fingerprint density at radius 1 is 1.04 bits per heavy atom. The van der Waals surface area contributed by atoms with Crippen molar-refractivity contribution in [2.24, 2.45) is 11.7 Å². The highest BCUT2D eigenvalue weighted by molar-refractivity contribution is 5.85. The van der Waals surface area contributed by atoms with Crippen molar-refractivity contribution in [2.75, 3.05) is 45.8 Å². The van der Waals surface area contributed by atoms with Crippen LogP contribution in [0.25, 0.3) is 0 Å². The average molecular weight is 383 g/mol. The molecule has 0 bridgehead atoms. The van der Waals surface area contributed by atoms with E-state index in [9.17, 15) is 9.59 Å². The van der Waals surface area contributed by atoms with Gasteiger partial charge in [-0.05, 0) is 33.1 Å². The Balaban J connectivity index is 0.00000264. The van der Waals surface area contributed by atoms with Crippen molar-refractivity contribution in [1.82, 2.24) is 14.7 Å². The number of amides is 2. The number of likely N-dealkylation sites (N-methyl/N-ethyl adjacent to an activating group) is 1. The second-order valence-corrected chi connectivity index (χ2v) is 6.44. The number of nitrogens with zero attached hydrogens (tertiary/aromatic N) is 3. The van der Waals surface area contributed by atoms with Crippen molar-refractivity contribution < 1.29 is 9.59 Å². The molecule has 1 aliphatic carbocycles. The molecular weight excluding hydrogens is 351 g/mol. The van der Waals surface area contributed by atoms with Crippen molar-refractivity contribution in [3.05, 3.63) is 0 Å². The summed E-state index contributed by atoms with van der Waals surface area (Å²) in [6, 6.07) is 0.196. The lowest BCUT2D eigenvalue weighted by Crippen LogP contribution is -2.52. The minimum absolute atomic E-state index is 0. The van der Waals surface area contributed by atoms with Crippen molar-refractivity contribution in [3.8, 4) is 0 Å². The fraction of sp³-hybridized carbons (Fsp3) is 0.875. The Morgan fingerprint density at radius 2 is 1.62 bits per heavy atom. The van der Waals surface area contributed by atoms with E-state index in [1.807, 2.05) is 23.6 Å². The molecule has 2 unspecified atom stereocenters. The molecule has 2 N–H and O–H groups in total. The molecule has 6 nitrogen and oxygen atoms in total. The first kappa shape index (κ1) is 23.4. The molecule has 8 heteroatoms. The zero-order valence-electron chi connectivity index (χ0n) is 14.8. The minimum Gasteiger partial charge on any atom is -0.342 e. The third-order valence-corrected chi connectivity index (χ3v) is 4.98. The third-order valence-electron chi connectivity index (χ3n) is 4.98. The lowest BCUT2D eigenvalue weighted by atomic mass is 10.1. The molecule has 0 spiro atoms. The van der Waals surface area contributed by atoms with Gasteiger partial charge in [0, 0.05) is 51.2 Å². The molecule has 0 radical (unpaired) electrons. The second-order valence-electron chi connectivity index (χ2n) is 6.44. The van der Waals surface area contributed by atoms with Crippen LogP contribution in [0.4, 0.5) is 0 Å². The molecule has 1 heterocycles. The van der Waals surface area contributed by atoms with E-state index in [4.69, 9.17) is 5.73 Å². The minimum atomic E-state index is 0. The van der Waals surface area contributed by atoms with Gasteiger partial charge in [0.25, 0.3) is 0 Å². The number of piperazine rings is 1. The van der Waals surface area contributed by atoms with Crippen LogP contribution in [0.3, 0.4) is 0 Å². The van der Waals surface area contributed by atoms with Gasteiger partial charge in [0.2, 0.25) is 11.8 Å². The fourth-order valence-electron chi connectivity index (χ4n) is 3.49. The van der Waals surface area contributed by atoms with Crippen molar-refractivity contribution in [2.45, 2.75) is 39.2 Å². The van der Waals surface area contributed by atoms with Gasteiger partial charge in [0.1, 0.15) is 0 Å². The zero-order valence-corrected chi connectivity index (χ0v) is 16.4. The number of hydrogen-bond donors (Lipinski definition) is 1. The highest BCUT2D eigenvalue weighted by atomic mass is 35.5. The van der Waals surface area contributed by atoms with Gasteiger partial charge in [-0.15, -0.1) is 24.8 Å². The van der Waals surface area contributed by atoms with Gasteiger partial charge < -0.3 is 15.5 Å². The van der Waals surface area contributed by atoms with Crippen molar-refractivity contribution in [1.29, 1.82) is 0 Å². The van der Waals surface area contributed by atoms with Gasteiger partial charge in [0.05, 0.1) is 6.54 Å². The second kappa shape index (κ2) is 11.1. The predicted molar refractivity (Wildman–Crippen MR) is 101 cm³/mol. The smallest absolute Gasteiger partial charge is 0.236 e. The van der Waals surface area contributed by atoms with E-state index in [-0.39, 0.29) is 48.6 Å². The lowest BCUT2D eigenvalue weighted by Gasteiger charge is -2.36. The summed E-state index contributed by atoms with van der Waals surface area (Å²) in [7, 11) is 0. The van der Waals surface area contributed by atoms with Crippen LogP contribution in [0.5, 0.6) is 0 Å². The third kappa shape index (κ3) is 6.06. The Hall–Kier alpha value is -0.560. The fourth-order valence-corrected chi connectivity index (χ4v) is 3.49. The number of halogens is 2. The summed E-state index contributed by atoms with van der Waals surface area (Å²) >= 11 is 0. The van der Waals surface area contributed by atoms with Crippen LogP contribution >= 0.6 is 24.8 Å². The van der Waals surface area contributed by atoms with Gasteiger partial charge in [-0.1, -0.05) is 0 Å². The van der Waals surface area contributed by atoms with E-state index < -0.39 is 0 Å². The Morgan fingerprint density at radius 3 is 2.08 bits per heavy atom. The quantitative estimate of drug-likeness (QED) is 0.768. The van der Waals surface area contributed by atoms with Crippen LogP contribution in [0.1, 0.15) is 33.1 Å². The summed E-state index contributed by atoms with van der Waals surface area (Å²) in [5.74, 6) is 0.577. The van der Waals surface area contributed by atoms with Crippen molar-refractivity contribution >= 4 is 36.6 Å². The first-order valence-corrected chi connectivity index (χ1v) is 8.59. The molecule has 1 saturated carbocycles. The van der Waals surface area contributed by atoms with Crippen LogP contribution in [0.15, 0.2) is 0 Å².